The van der Waals surface area contributed by atoms with E-state index in [1.165, 1.54) is 12.1 Å². The molecule has 18 heavy (non-hydrogen) atoms. The van der Waals surface area contributed by atoms with Gasteiger partial charge >= 0.3 is 0 Å². The van der Waals surface area contributed by atoms with Crippen LogP contribution in [0.25, 0.3) is 0 Å². The van der Waals surface area contributed by atoms with Gasteiger partial charge in [0, 0.05) is 18.0 Å². The summed E-state index contributed by atoms with van der Waals surface area (Å²) in [6.45, 7) is 0.898. The largest absolute Gasteiger partial charge is 0.319 e. The van der Waals surface area contributed by atoms with Crippen LogP contribution in [0.3, 0.4) is 0 Å². The molecular weight excluding hydrogens is 234 g/mol. The van der Waals surface area contributed by atoms with Crippen molar-refractivity contribution in [1.82, 2.24) is 10.2 Å². The lowest BCUT2D eigenvalue weighted by Gasteiger charge is -2.33. The van der Waals surface area contributed by atoms with E-state index >= 15 is 0 Å². The molecule has 1 aliphatic rings. The van der Waals surface area contributed by atoms with Crippen LogP contribution in [0.4, 0.5) is 8.78 Å². The third-order valence-electron chi connectivity index (χ3n) is 3.78. The van der Waals surface area contributed by atoms with Crippen molar-refractivity contribution >= 4 is 0 Å². The summed E-state index contributed by atoms with van der Waals surface area (Å²) in [4.78, 5) is 2.09. The lowest BCUT2D eigenvalue weighted by atomic mass is 9.89. The molecule has 100 valence electrons. The van der Waals surface area contributed by atoms with Crippen molar-refractivity contribution in [3.05, 3.63) is 35.4 Å². The molecule has 1 saturated carbocycles. The summed E-state index contributed by atoms with van der Waals surface area (Å²) in [6, 6.07) is 4.37. The Hall–Kier alpha value is -1.00. The van der Waals surface area contributed by atoms with Crippen LogP contribution in [0.2, 0.25) is 0 Å². The standard InChI is InChI=1S/C14H20F2N2/c1-17-9-14(6-7-14)13(18(2)3)10-4-5-11(15)12(16)8-10/h4-5,8,13,17H,6-7,9H2,1-3H3. The highest BCUT2D eigenvalue weighted by Gasteiger charge is 2.50. The number of hydrogen-bond donors (Lipinski definition) is 1. The summed E-state index contributed by atoms with van der Waals surface area (Å²) in [6.07, 6.45) is 2.24. The summed E-state index contributed by atoms with van der Waals surface area (Å²) < 4.78 is 26.4. The summed E-state index contributed by atoms with van der Waals surface area (Å²) in [5.74, 6) is -1.55. The minimum atomic E-state index is -0.783. The first-order valence-corrected chi connectivity index (χ1v) is 6.26. The van der Waals surface area contributed by atoms with E-state index in [0.29, 0.717) is 0 Å². The van der Waals surface area contributed by atoms with E-state index in [1.807, 2.05) is 21.1 Å². The number of nitrogens with zero attached hydrogens (tertiary/aromatic N) is 1. The highest BCUT2D eigenvalue weighted by Crippen LogP contribution is 2.56. The van der Waals surface area contributed by atoms with Gasteiger partial charge in [0.05, 0.1) is 0 Å². The first-order chi connectivity index (χ1) is 8.50. The third kappa shape index (κ3) is 2.40. The summed E-state index contributed by atoms with van der Waals surface area (Å²) >= 11 is 0. The molecule has 0 bridgehead atoms. The molecular formula is C14H20F2N2. The second-order valence-electron chi connectivity index (χ2n) is 5.43. The highest BCUT2D eigenvalue weighted by molar-refractivity contribution is 5.26. The fraction of sp³-hybridized carbons (Fsp3) is 0.571. The van der Waals surface area contributed by atoms with Crippen LogP contribution >= 0.6 is 0 Å². The van der Waals surface area contributed by atoms with Gasteiger partial charge in [0.25, 0.3) is 0 Å². The molecule has 0 radical (unpaired) electrons. The molecule has 0 amide bonds. The van der Waals surface area contributed by atoms with Crippen molar-refractivity contribution in [3.8, 4) is 0 Å². The molecule has 2 nitrogen and oxygen atoms in total. The molecule has 1 atom stereocenters. The lowest BCUT2D eigenvalue weighted by molar-refractivity contribution is 0.191. The first-order valence-electron chi connectivity index (χ1n) is 6.26. The first kappa shape index (κ1) is 13.4. The smallest absolute Gasteiger partial charge is 0.159 e. The predicted octanol–water partition coefficient (Wildman–Crippen LogP) is 2.57. The molecule has 0 aromatic heterocycles. The van der Waals surface area contributed by atoms with E-state index in [0.717, 1.165) is 24.9 Å². The second-order valence-corrected chi connectivity index (χ2v) is 5.43. The van der Waals surface area contributed by atoms with Gasteiger partial charge in [-0.2, -0.15) is 0 Å². The molecule has 0 heterocycles. The van der Waals surface area contributed by atoms with E-state index in [2.05, 4.69) is 10.2 Å². The van der Waals surface area contributed by atoms with Gasteiger partial charge in [-0.3, -0.25) is 0 Å². The quantitative estimate of drug-likeness (QED) is 0.868. The number of benzene rings is 1. The zero-order valence-electron chi connectivity index (χ0n) is 11.1. The summed E-state index contributed by atoms with van der Waals surface area (Å²) in [7, 11) is 5.90. The number of hydrogen-bond acceptors (Lipinski definition) is 2. The Morgan fingerprint density at radius 1 is 1.28 bits per heavy atom. The summed E-state index contributed by atoms with van der Waals surface area (Å²) in [5, 5.41) is 3.21. The fourth-order valence-corrected chi connectivity index (χ4v) is 2.94. The second kappa shape index (κ2) is 4.94. The van der Waals surface area contributed by atoms with Crippen molar-refractivity contribution in [3.63, 3.8) is 0 Å². The monoisotopic (exact) mass is 254 g/mol. The number of nitrogens with one attached hydrogen (secondary N) is 1. The fourth-order valence-electron chi connectivity index (χ4n) is 2.94. The van der Waals surface area contributed by atoms with Gasteiger partial charge in [-0.15, -0.1) is 0 Å². The molecule has 1 aliphatic carbocycles. The van der Waals surface area contributed by atoms with Crippen LogP contribution in [-0.2, 0) is 0 Å². The Morgan fingerprint density at radius 2 is 1.94 bits per heavy atom. The van der Waals surface area contributed by atoms with Crippen LogP contribution < -0.4 is 5.32 Å². The van der Waals surface area contributed by atoms with Gasteiger partial charge in [0.1, 0.15) is 0 Å². The number of rotatable bonds is 5. The maximum Gasteiger partial charge on any atom is 0.159 e. The molecule has 0 saturated heterocycles. The van der Waals surface area contributed by atoms with Crippen molar-refractivity contribution in [2.75, 3.05) is 27.7 Å². The molecule has 0 spiro atoms. The minimum absolute atomic E-state index is 0.125. The predicted molar refractivity (Wildman–Crippen MR) is 68.4 cm³/mol. The average molecular weight is 254 g/mol. The molecule has 4 heteroatoms. The third-order valence-corrected chi connectivity index (χ3v) is 3.78. The normalized spacial score (nSPS) is 19.0. The van der Waals surface area contributed by atoms with E-state index in [-0.39, 0.29) is 11.5 Å². The minimum Gasteiger partial charge on any atom is -0.319 e. The van der Waals surface area contributed by atoms with Crippen molar-refractivity contribution in [2.45, 2.75) is 18.9 Å². The van der Waals surface area contributed by atoms with Crippen molar-refractivity contribution in [2.24, 2.45) is 5.41 Å². The van der Waals surface area contributed by atoms with Gasteiger partial charge in [0.15, 0.2) is 11.6 Å². The molecule has 1 aromatic rings. The van der Waals surface area contributed by atoms with Gasteiger partial charge in [-0.05, 0) is 51.7 Å². The number of halogens is 2. The molecule has 2 rings (SSSR count). The van der Waals surface area contributed by atoms with Crippen LogP contribution in [0, 0.1) is 17.0 Å². The van der Waals surface area contributed by atoms with Gasteiger partial charge in [-0.1, -0.05) is 6.07 Å². The van der Waals surface area contributed by atoms with Crippen LogP contribution in [0.1, 0.15) is 24.4 Å². The average Bonchev–Trinajstić information content (AvgIpc) is 3.04. The van der Waals surface area contributed by atoms with Crippen LogP contribution in [-0.4, -0.2) is 32.6 Å². The zero-order valence-corrected chi connectivity index (χ0v) is 11.1. The van der Waals surface area contributed by atoms with Crippen molar-refractivity contribution < 1.29 is 8.78 Å². The van der Waals surface area contributed by atoms with Crippen LogP contribution in [0.15, 0.2) is 18.2 Å². The van der Waals surface area contributed by atoms with Crippen molar-refractivity contribution in [1.29, 1.82) is 0 Å². The highest BCUT2D eigenvalue weighted by atomic mass is 19.2. The van der Waals surface area contributed by atoms with Crippen LogP contribution in [0.5, 0.6) is 0 Å². The Morgan fingerprint density at radius 3 is 2.39 bits per heavy atom. The Kier molecular flexibility index (Phi) is 3.69. The topological polar surface area (TPSA) is 15.3 Å². The molecule has 0 aliphatic heterocycles. The maximum absolute atomic E-state index is 13.4. The van der Waals surface area contributed by atoms with E-state index in [9.17, 15) is 8.78 Å². The Labute approximate surface area is 107 Å². The Balaban J connectivity index is 2.33. The SMILES string of the molecule is CNCC1(C(c2ccc(F)c(F)c2)N(C)C)CC1. The molecule has 1 unspecified atom stereocenters. The molecule has 1 fully saturated rings. The zero-order chi connectivity index (χ0) is 13.3. The molecule has 1 N–H and O–H groups in total. The van der Waals surface area contributed by atoms with E-state index in [1.54, 1.807) is 6.07 Å². The van der Waals surface area contributed by atoms with Gasteiger partial charge in [-0.25, -0.2) is 8.78 Å². The van der Waals surface area contributed by atoms with Gasteiger partial charge < -0.3 is 10.2 Å². The summed E-state index contributed by atoms with van der Waals surface area (Å²) in [5.41, 5.74) is 1.01. The maximum atomic E-state index is 13.4. The lowest BCUT2D eigenvalue weighted by Crippen LogP contribution is -2.34. The van der Waals surface area contributed by atoms with E-state index in [4.69, 9.17) is 0 Å². The van der Waals surface area contributed by atoms with Gasteiger partial charge in [0.2, 0.25) is 0 Å². The Bertz CT molecular complexity index is 428. The molecule has 1 aromatic carbocycles. The van der Waals surface area contributed by atoms with E-state index < -0.39 is 11.6 Å².